The minimum atomic E-state index is -0.0581. The van der Waals surface area contributed by atoms with Crippen molar-refractivity contribution in [3.8, 4) is 0 Å². The van der Waals surface area contributed by atoms with E-state index in [-0.39, 0.29) is 5.91 Å². The van der Waals surface area contributed by atoms with E-state index in [1.165, 1.54) is 12.6 Å². The Morgan fingerprint density at radius 2 is 2.13 bits per heavy atom. The van der Waals surface area contributed by atoms with Gasteiger partial charge in [0.2, 0.25) is 0 Å². The Balaban J connectivity index is 0.000000583. The molecule has 0 radical (unpaired) electrons. The van der Waals surface area contributed by atoms with Crippen molar-refractivity contribution in [1.82, 2.24) is 15.5 Å². The Hall–Kier alpha value is -1.32. The number of nitrogens with zero attached hydrogens (tertiary/aromatic N) is 1. The minimum Gasteiger partial charge on any atom is -0.352 e. The number of aromatic nitrogens is 2. The summed E-state index contributed by atoms with van der Waals surface area (Å²) in [6.07, 6.45) is 6.46. The van der Waals surface area contributed by atoms with Crippen LogP contribution in [0.1, 0.15) is 50.4 Å². The van der Waals surface area contributed by atoms with E-state index in [1.54, 1.807) is 6.20 Å². The Morgan fingerprint density at radius 1 is 1.47 bits per heavy atom. The van der Waals surface area contributed by atoms with Crippen LogP contribution in [0.25, 0.3) is 0 Å². The van der Waals surface area contributed by atoms with Gasteiger partial charge < -0.3 is 5.32 Å². The topological polar surface area (TPSA) is 57.8 Å². The second-order valence-electron chi connectivity index (χ2n) is 3.30. The first-order valence-corrected chi connectivity index (χ1v) is 5.53. The van der Waals surface area contributed by atoms with Gasteiger partial charge in [-0.2, -0.15) is 5.10 Å². The monoisotopic (exact) mass is 211 g/mol. The molecule has 0 aliphatic rings. The van der Waals surface area contributed by atoms with E-state index in [2.05, 4.69) is 36.3 Å². The highest BCUT2D eigenvalue weighted by atomic mass is 16.1. The fourth-order valence-electron chi connectivity index (χ4n) is 0.856. The third-order valence-corrected chi connectivity index (χ3v) is 1.58. The molecule has 4 nitrogen and oxygen atoms in total. The fraction of sp³-hybridized carbons (Fsp3) is 0.636. The lowest BCUT2D eigenvalue weighted by molar-refractivity contribution is 0.0953. The Kier molecular flexibility index (Phi) is 8.43. The van der Waals surface area contributed by atoms with Crippen LogP contribution in [0.4, 0.5) is 0 Å². The van der Waals surface area contributed by atoms with Gasteiger partial charge >= 0.3 is 0 Å². The third kappa shape index (κ3) is 6.71. The number of hydrogen-bond donors (Lipinski definition) is 2. The Labute approximate surface area is 91.5 Å². The van der Waals surface area contributed by atoms with E-state index in [0.717, 1.165) is 19.4 Å². The number of aromatic amines is 1. The number of H-pyrrole nitrogens is 1. The van der Waals surface area contributed by atoms with Crippen LogP contribution in [0.15, 0.2) is 12.4 Å². The summed E-state index contributed by atoms with van der Waals surface area (Å²) in [6.45, 7) is 7.07. The molecular formula is C11H21N3O. The van der Waals surface area contributed by atoms with Crippen LogP contribution in [0.5, 0.6) is 0 Å². The highest BCUT2D eigenvalue weighted by molar-refractivity contribution is 5.93. The quantitative estimate of drug-likeness (QED) is 0.751. The molecule has 0 aliphatic carbocycles. The summed E-state index contributed by atoms with van der Waals surface area (Å²) in [4.78, 5) is 11.2. The van der Waals surface area contributed by atoms with Crippen molar-refractivity contribution in [3.63, 3.8) is 0 Å². The van der Waals surface area contributed by atoms with Crippen molar-refractivity contribution in [1.29, 1.82) is 0 Å². The number of carbonyl (C=O) groups is 1. The van der Waals surface area contributed by atoms with Crippen molar-refractivity contribution in [2.24, 2.45) is 0 Å². The molecule has 0 fully saturated rings. The van der Waals surface area contributed by atoms with Crippen molar-refractivity contribution < 1.29 is 4.79 Å². The van der Waals surface area contributed by atoms with E-state index in [0.29, 0.717) is 5.56 Å². The zero-order valence-electron chi connectivity index (χ0n) is 9.84. The van der Waals surface area contributed by atoms with Crippen molar-refractivity contribution in [3.05, 3.63) is 18.0 Å². The fourth-order valence-corrected chi connectivity index (χ4v) is 0.856. The van der Waals surface area contributed by atoms with Crippen LogP contribution in [-0.2, 0) is 0 Å². The smallest absolute Gasteiger partial charge is 0.254 e. The van der Waals surface area contributed by atoms with Crippen LogP contribution in [0.3, 0.4) is 0 Å². The largest absolute Gasteiger partial charge is 0.352 e. The molecule has 1 aromatic heterocycles. The maximum absolute atomic E-state index is 11.2. The first kappa shape index (κ1) is 13.7. The average Bonchev–Trinajstić information content (AvgIpc) is 2.72. The van der Waals surface area contributed by atoms with Gasteiger partial charge in [-0.3, -0.25) is 9.89 Å². The summed E-state index contributed by atoms with van der Waals surface area (Å²) in [6, 6.07) is 0. The molecule has 2 N–H and O–H groups in total. The average molecular weight is 211 g/mol. The lowest BCUT2D eigenvalue weighted by Gasteiger charge is -2.00. The van der Waals surface area contributed by atoms with E-state index >= 15 is 0 Å². The molecule has 0 bridgehead atoms. The van der Waals surface area contributed by atoms with Gasteiger partial charge in [0.05, 0.1) is 11.8 Å². The van der Waals surface area contributed by atoms with E-state index in [1.807, 2.05) is 0 Å². The lowest BCUT2D eigenvalue weighted by Crippen LogP contribution is -2.23. The van der Waals surface area contributed by atoms with Crippen LogP contribution in [0.2, 0.25) is 0 Å². The first-order chi connectivity index (χ1) is 7.26. The summed E-state index contributed by atoms with van der Waals surface area (Å²) in [5.41, 5.74) is 0.589. The molecule has 1 aromatic rings. The van der Waals surface area contributed by atoms with Gasteiger partial charge in [-0.25, -0.2) is 0 Å². The molecule has 15 heavy (non-hydrogen) atoms. The molecule has 0 saturated carbocycles. The molecule has 1 heterocycles. The molecule has 0 saturated heterocycles. The van der Waals surface area contributed by atoms with Crippen LogP contribution >= 0.6 is 0 Å². The molecule has 86 valence electrons. The maximum atomic E-state index is 11.2. The van der Waals surface area contributed by atoms with Gasteiger partial charge in [-0.1, -0.05) is 33.6 Å². The van der Waals surface area contributed by atoms with Crippen molar-refractivity contribution in [2.75, 3.05) is 6.54 Å². The summed E-state index contributed by atoms with van der Waals surface area (Å²) in [5, 5.41) is 9.06. The van der Waals surface area contributed by atoms with Gasteiger partial charge in [0.25, 0.3) is 5.91 Å². The van der Waals surface area contributed by atoms with E-state index in [9.17, 15) is 4.79 Å². The Morgan fingerprint density at radius 3 is 2.60 bits per heavy atom. The molecule has 0 aromatic carbocycles. The lowest BCUT2D eigenvalue weighted by atomic mass is 10.3. The van der Waals surface area contributed by atoms with Gasteiger partial charge in [0, 0.05) is 12.7 Å². The first-order valence-electron chi connectivity index (χ1n) is 5.53. The molecular weight excluding hydrogens is 190 g/mol. The van der Waals surface area contributed by atoms with Gasteiger partial charge in [-0.05, 0) is 6.42 Å². The van der Waals surface area contributed by atoms with Crippen LogP contribution in [0, 0.1) is 0 Å². The van der Waals surface area contributed by atoms with E-state index in [4.69, 9.17) is 0 Å². The maximum Gasteiger partial charge on any atom is 0.254 e. The van der Waals surface area contributed by atoms with Gasteiger partial charge in [0.1, 0.15) is 0 Å². The van der Waals surface area contributed by atoms with Crippen LogP contribution in [-0.4, -0.2) is 22.6 Å². The number of unbranched alkanes of at least 4 members (excludes halogenated alkanes) is 1. The molecule has 0 aliphatic heterocycles. The summed E-state index contributed by atoms with van der Waals surface area (Å²) in [7, 11) is 0. The van der Waals surface area contributed by atoms with Crippen molar-refractivity contribution >= 4 is 5.91 Å². The zero-order chi connectivity index (χ0) is 11.5. The summed E-state index contributed by atoms with van der Waals surface area (Å²) in [5.74, 6) is -0.0581. The highest BCUT2D eigenvalue weighted by Crippen LogP contribution is 1.93. The summed E-state index contributed by atoms with van der Waals surface area (Å²) < 4.78 is 0. The van der Waals surface area contributed by atoms with Gasteiger partial charge in [-0.15, -0.1) is 0 Å². The number of carbonyl (C=O) groups excluding carboxylic acids is 1. The van der Waals surface area contributed by atoms with Gasteiger partial charge in [0.15, 0.2) is 0 Å². The predicted molar refractivity (Wildman–Crippen MR) is 61.8 cm³/mol. The number of rotatable bonds is 4. The number of hydrogen-bond acceptors (Lipinski definition) is 2. The number of nitrogens with one attached hydrogen (secondary N) is 2. The zero-order valence-corrected chi connectivity index (χ0v) is 9.84. The minimum absolute atomic E-state index is 0.0581. The molecule has 0 unspecified atom stereocenters. The predicted octanol–water partition coefficient (Wildman–Crippen LogP) is 2.36. The molecule has 0 atom stereocenters. The molecule has 0 spiro atoms. The normalized spacial score (nSPS) is 9.00. The van der Waals surface area contributed by atoms with E-state index < -0.39 is 0 Å². The van der Waals surface area contributed by atoms with Crippen LogP contribution < -0.4 is 5.32 Å². The standard InChI is InChI=1S/C8H13N3O.C3H8/c1-2-3-4-9-8(12)7-5-10-11-6-7;1-3-2/h5-6H,2-4H2,1H3,(H,9,12)(H,10,11);3H2,1-2H3. The number of amides is 1. The molecule has 1 amide bonds. The second-order valence-corrected chi connectivity index (χ2v) is 3.30. The summed E-state index contributed by atoms with van der Waals surface area (Å²) >= 11 is 0. The molecule has 1 rings (SSSR count). The highest BCUT2D eigenvalue weighted by Gasteiger charge is 2.03. The second kappa shape index (κ2) is 9.24. The molecule has 4 heteroatoms. The third-order valence-electron chi connectivity index (χ3n) is 1.58. The van der Waals surface area contributed by atoms with Crippen molar-refractivity contribution in [2.45, 2.75) is 40.0 Å². The Bertz CT molecular complexity index is 244. The SMILES string of the molecule is CCC.CCCCNC(=O)c1cn[nH]c1.